The Morgan fingerprint density at radius 1 is 1.61 bits per heavy atom. The van der Waals surface area contributed by atoms with Gasteiger partial charge < -0.3 is 14.7 Å². The van der Waals surface area contributed by atoms with Gasteiger partial charge in [0.2, 0.25) is 0 Å². The quantitative estimate of drug-likeness (QED) is 0.860. The van der Waals surface area contributed by atoms with Crippen LogP contribution in [0.15, 0.2) is 17.5 Å². The molecular weight excluding hydrogens is 246 g/mol. The van der Waals surface area contributed by atoms with Gasteiger partial charge in [0.15, 0.2) is 0 Å². The van der Waals surface area contributed by atoms with Crippen LogP contribution in [0.1, 0.15) is 24.6 Å². The van der Waals surface area contributed by atoms with Crippen molar-refractivity contribution in [2.75, 3.05) is 26.2 Å². The standard InChI is InChI=1S/C14H23NO2S/c1-12-4-2-6-15(8-12)9-13(16)10-17-11-14-5-3-7-18-14/h3,5,7,12-13,16H,2,4,6,8-11H2,1H3/t12-,13-/m0/s1. The van der Waals surface area contributed by atoms with E-state index in [2.05, 4.69) is 17.9 Å². The van der Waals surface area contributed by atoms with E-state index >= 15 is 0 Å². The third-order valence-electron chi connectivity index (χ3n) is 3.34. The summed E-state index contributed by atoms with van der Waals surface area (Å²) in [7, 11) is 0. The molecule has 4 heteroatoms. The van der Waals surface area contributed by atoms with Gasteiger partial charge in [0.05, 0.1) is 19.3 Å². The van der Waals surface area contributed by atoms with Crippen LogP contribution >= 0.6 is 11.3 Å². The molecule has 1 fully saturated rings. The fourth-order valence-electron chi connectivity index (χ4n) is 2.49. The molecule has 2 atom stereocenters. The number of hydrogen-bond acceptors (Lipinski definition) is 4. The van der Waals surface area contributed by atoms with Gasteiger partial charge in [-0.15, -0.1) is 11.3 Å². The molecule has 0 amide bonds. The first-order valence-electron chi connectivity index (χ1n) is 6.74. The summed E-state index contributed by atoms with van der Waals surface area (Å²) < 4.78 is 5.54. The second kappa shape index (κ2) is 7.24. The Labute approximate surface area is 113 Å². The number of rotatable bonds is 6. The molecule has 0 spiro atoms. The van der Waals surface area contributed by atoms with E-state index in [1.165, 1.54) is 17.7 Å². The topological polar surface area (TPSA) is 32.7 Å². The minimum atomic E-state index is -0.365. The molecule has 0 unspecified atom stereocenters. The van der Waals surface area contributed by atoms with Gasteiger partial charge in [0.1, 0.15) is 0 Å². The third-order valence-corrected chi connectivity index (χ3v) is 4.19. The van der Waals surface area contributed by atoms with Crippen LogP contribution < -0.4 is 0 Å². The van der Waals surface area contributed by atoms with Gasteiger partial charge in [-0.25, -0.2) is 0 Å². The van der Waals surface area contributed by atoms with Gasteiger partial charge in [-0.1, -0.05) is 13.0 Å². The van der Waals surface area contributed by atoms with Gasteiger partial charge in [-0.05, 0) is 36.8 Å². The molecule has 1 saturated heterocycles. The van der Waals surface area contributed by atoms with Crippen LogP contribution in [-0.2, 0) is 11.3 Å². The lowest BCUT2D eigenvalue weighted by molar-refractivity contribution is 0.00447. The minimum Gasteiger partial charge on any atom is -0.389 e. The van der Waals surface area contributed by atoms with E-state index in [1.807, 2.05) is 11.4 Å². The van der Waals surface area contributed by atoms with Crippen LogP contribution in [0.3, 0.4) is 0 Å². The summed E-state index contributed by atoms with van der Waals surface area (Å²) in [5.41, 5.74) is 0. The van der Waals surface area contributed by atoms with Crippen molar-refractivity contribution in [3.05, 3.63) is 22.4 Å². The number of aliphatic hydroxyl groups is 1. The van der Waals surface area contributed by atoms with E-state index in [0.29, 0.717) is 13.2 Å². The third kappa shape index (κ3) is 4.69. The molecular formula is C14H23NO2S. The van der Waals surface area contributed by atoms with E-state index in [1.54, 1.807) is 11.3 Å². The first-order chi connectivity index (χ1) is 8.74. The molecule has 3 nitrogen and oxygen atoms in total. The monoisotopic (exact) mass is 269 g/mol. The lowest BCUT2D eigenvalue weighted by Crippen LogP contribution is -2.40. The van der Waals surface area contributed by atoms with Crippen molar-refractivity contribution in [2.24, 2.45) is 5.92 Å². The number of ether oxygens (including phenoxy) is 1. The largest absolute Gasteiger partial charge is 0.389 e. The summed E-state index contributed by atoms with van der Waals surface area (Å²) in [6.45, 7) is 6.31. The lowest BCUT2D eigenvalue weighted by atomic mass is 10.0. The molecule has 0 saturated carbocycles. The summed E-state index contributed by atoms with van der Waals surface area (Å²) in [6, 6.07) is 4.08. The number of nitrogens with zero attached hydrogens (tertiary/aromatic N) is 1. The van der Waals surface area contributed by atoms with Crippen LogP contribution in [0.4, 0.5) is 0 Å². The van der Waals surface area contributed by atoms with Crippen LogP contribution in [0.25, 0.3) is 0 Å². The molecule has 1 N–H and O–H groups in total. The highest BCUT2D eigenvalue weighted by Crippen LogP contribution is 2.15. The normalized spacial score (nSPS) is 23.1. The molecule has 102 valence electrons. The predicted octanol–water partition coefficient (Wildman–Crippen LogP) is 2.36. The van der Waals surface area contributed by atoms with E-state index in [0.717, 1.165) is 25.6 Å². The zero-order valence-electron chi connectivity index (χ0n) is 11.0. The number of thiophene rings is 1. The van der Waals surface area contributed by atoms with E-state index in [4.69, 9.17) is 4.74 Å². The lowest BCUT2D eigenvalue weighted by Gasteiger charge is -2.32. The van der Waals surface area contributed by atoms with Crippen LogP contribution in [-0.4, -0.2) is 42.4 Å². The van der Waals surface area contributed by atoms with Crippen LogP contribution in [0.2, 0.25) is 0 Å². The van der Waals surface area contributed by atoms with Crippen molar-refractivity contribution in [3.63, 3.8) is 0 Å². The summed E-state index contributed by atoms with van der Waals surface area (Å²) in [4.78, 5) is 3.57. The smallest absolute Gasteiger partial charge is 0.0900 e. The minimum absolute atomic E-state index is 0.365. The maximum atomic E-state index is 9.95. The summed E-state index contributed by atoms with van der Waals surface area (Å²) in [5, 5.41) is 12.0. The highest BCUT2D eigenvalue weighted by Gasteiger charge is 2.18. The van der Waals surface area contributed by atoms with Gasteiger partial charge >= 0.3 is 0 Å². The van der Waals surface area contributed by atoms with E-state index < -0.39 is 0 Å². The Kier molecular flexibility index (Phi) is 5.63. The molecule has 0 radical (unpaired) electrons. The number of hydrogen-bond donors (Lipinski definition) is 1. The number of piperidine rings is 1. The molecule has 1 aliphatic rings. The fourth-order valence-corrected chi connectivity index (χ4v) is 3.13. The fraction of sp³-hybridized carbons (Fsp3) is 0.714. The van der Waals surface area contributed by atoms with Gasteiger partial charge in [0.25, 0.3) is 0 Å². The number of likely N-dealkylation sites (tertiary alicyclic amines) is 1. The molecule has 2 rings (SSSR count). The average Bonchev–Trinajstić information content (AvgIpc) is 2.82. The molecule has 2 heterocycles. The van der Waals surface area contributed by atoms with Crippen molar-refractivity contribution in [2.45, 2.75) is 32.5 Å². The van der Waals surface area contributed by atoms with Crippen LogP contribution in [0, 0.1) is 5.92 Å². The average molecular weight is 269 g/mol. The second-order valence-corrected chi connectivity index (χ2v) is 6.29. The van der Waals surface area contributed by atoms with Crippen molar-refractivity contribution in [1.29, 1.82) is 0 Å². The molecule has 1 aromatic rings. The van der Waals surface area contributed by atoms with Crippen LogP contribution in [0.5, 0.6) is 0 Å². The zero-order valence-corrected chi connectivity index (χ0v) is 11.9. The van der Waals surface area contributed by atoms with E-state index in [9.17, 15) is 5.11 Å². The number of aliphatic hydroxyl groups excluding tert-OH is 1. The highest BCUT2D eigenvalue weighted by molar-refractivity contribution is 7.09. The summed E-state index contributed by atoms with van der Waals surface area (Å²) in [6.07, 6.45) is 2.21. The Morgan fingerprint density at radius 3 is 3.22 bits per heavy atom. The summed E-state index contributed by atoms with van der Waals surface area (Å²) >= 11 is 1.69. The zero-order chi connectivity index (χ0) is 12.8. The molecule has 1 aliphatic heterocycles. The molecule has 0 bridgehead atoms. The first-order valence-corrected chi connectivity index (χ1v) is 7.62. The maximum Gasteiger partial charge on any atom is 0.0900 e. The molecule has 18 heavy (non-hydrogen) atoms. The molecule has 0 aromatic carbocycles. The predicted molar refractivity (Wildman–Crippen MR) is 74.8 cm³/mol. The number of β-amino-alcohol motifs (C(OH)–C–C–N with tert-alkyl or cyclic N) is 1. The highest BCUT2D eigenvalue weighted by atomic mass is 32.1. The Morgan fingerprint density at radius 2 is 2.50 bits per heavy atom. The van der Waals surface area contributed by atoms with Crippen molar-refractivity contribution >= 4 is 11.3 Å². The molecule has 1 aromatic heterocycles. The van der Waals surface area contributed by atoms with Gasteiger partial charge in [-0.3, -0.25) is 0 Å². The maximum absolute atomic E-state index is 9.95. The Bertz CT molecular complexity index is 329. The van der Waals surface area contributed by atoms with Crippen molar-refractivity contribution < 1.29 is 9.84 Å². The van der Waals surface area contributed by atoms with Gasteiger partial charge in [0, 0.05) is 18.0 Å². The van der Waals surface area contributed by atoms with Crippen molar-refractivity contribution in [3.8, 4) is 0 Å². The van der Waals surface area contributed by atoms with Gasteiger partial charge in [-0.2, -0.15) is 0 Å². The van der Waals surface area contributed by atoms with E-state index in [-0.39, 0.29) is 6.10 Å². The first kappa shape index (κ1) is 14.0. The second-order valence-electron chi connectivity index (χ2n) is 5.26. The molecule has 0 aliphatic carbocycles. The Hall–Kier alpha value is -0.420. The summed E-state index contributed by atoms with van der Waals surface area (Å²) in [5.74, 6) is 0.762. The van der Waals surface area contributed by atoms with Crippen molar-refractivity contribution in [1.82, 2.24) is 4.90 Å². The Balaban J connectivity index is 1.61. The SMILES string of the molecule is C[C@H]1CCCN(C[C@H](O)COCc2cccs2)C1.